The van der Waals surface area contributed by atoms with Gasteiger partial charge in [-0.15, -0.1) is 0 Å². The summed E-state index contributed by atoms with van der Waals surface area (Å²) in [6, 6.07) is 3.66. The standard InChI is InChI=1S/C10H8BrNO3/c1-2-5-3-4-6-7(11)8(10(13)14)15-9(6)12-5/h3-4H,2H2,1H3,(H,13,14). The Morgan fingerprint density at radius 3 is 2.93 bits per heavy atom. The molecule has 2 rings (SSSR count). The number of carboxylic acids is 1. The van der Waals surface area contributed by atoms with E-state index >= 15 is 0 Å². The average molecular weight is 270 g/mol. The van der Waals surface area contributed by atoms with Gasteiger partial charge in [0.25, 0.3) is 0 Å². The molecule has 0 atom stereocenters. The number of aryl methyl sites for hydroxylation is 1. The number of pyridine rings is 1. The molecule has 0 amide bonds. The first-order chi connectivity index (χ1) is 7.13. The summed E-state index contributed by atoms with van der Waals surface area (Å²) >= 11 is 3.18. The molecule has 0 saturated carbocycles. The third-order valence-electron chi connectivity index (χ3n) is 2.11. The lowest BCUT2D eigenvalue weighted by atomic mass is 10.2. The van der Waals surface area contributed by atoms with E-state index in [1.165, 1.54) is 0 Å². The number of nitrogens with zero attached hydrogens (tertiary/aromatic N) is 1. The van der Waals surface area contributed by atoms with Crippen LogP contribution in [0.3, 0.4) is 0 Å². The molecule has 2 heterocycles. The van der Waals surface area contributed by atoms with Gasteiger partial charge in [-0.3, -0.25) is 0 Å². The van der Waals surface area contributed by atoms with Crippen molar-refractivity contribution in [2.24, 2.45) is 0 Å². The van der Waals surface area contributed by atoms with Crippen LogP contribution in [0.1, 0.15) is 23.2 Å². The van der Waals surface area contributed by atoms with Gasteiger partial charge in [0, 0.05) is 5.69 Å². The SMILES string of the molecule is CCc1ccc2c(Br)c(C(=O)O)oc2n1. The van der Waals surface area contributed by atoms with E-state index in [0.29, 0.717) is 15.6 Å². The molecule has 1 N–H and O–H groups in total. The van der Waals surface area contributed by atoms with Gasteiger partial charge in [-0.1, -0.05) is 6.92 Å². The fraction of sp³-hybridized carbons (Fsp3) is 0.200. The van der Waals surface area contributed by atoms with Crippen molar-refractivity contribution in [3.8, 4) is 0 Å². The third kappa shape index (κ3) is 1.63. The highest BCUT2D eigenvalue weighted by Gasteiger charge is 2.18. The predicted octanol–water partition coefficient (Wildman–Crippen LogP) is 2.85. The Morgan fingerprint density at radius 1 is 1.60 bits per heavy atom. The zero-order valence-electron chi connectivity index (χ0n) is 7.95. The lowest BCUT2D eigenvalue weighted by molar-refractivity contribution is 0.0663. The van der Waals surface area contributed by atoms with Gasteiger partial charge in [0.2, 0.25) is 11.5 Å². The summed E-state index contributed by atoms with van der Waals surface area (Å²) in [6.45, 7) is 1.98. The lowest BCUT2D eigenvalue weighted by Gasteiger charge is -1.93. The number of rotatable bonds is 2. The molecule has 0 aliphatic heterocycles. The van der Waals surface area contributed by atoms with E-state index in [2.05, 4.69) is 20.9 Å². The minimum Gasteiger partial charge on any atom is -0.475 e. The maximum atomic E-state index is 10.8. The molecule has 78 valence electrons. The van der Waals surface area contributed by atoms with Crippen molar-refractivity contribution in [3.05, 3.63) is 28.1 Å². The number of aromatic nitrogens is 1. The molecule has 0 spiro atoms. The molecule has 0 aliphatic rings. The number of carbonyl (C=O) groups is 1. The van der Waals surface area contributed by atoms with Crippen LogP contribution in [0.2, 0.25) is 0 Å². The predicted molar refractivity (Wildman–Crippen MR) is 58.0 cm³/mol. The molecular formula is C10H8BrNO3. The highest BCUT2D eigenvalue weighted by atomic mass is 79.9. The largest absolute Gasteiger partial charge is 0.475 e. The Bertz CT molecular complexity index is 533. The van der Waals surface area contributed by atoms with Gasteiger partial charge in [-0.25, -0.2) is 9.78 Å². The van der Waals surface area contributed by atoms with E-state index < -0.39 is 5.97 Å². The molecule has 0 aliphatic carbocycles. The number of carboxylic acid groups (broad SMARTS) is 1. The number of halogens is 1. The molecule has 0 unspecified atom stereocenters. The second-order valence-electron chi connectivity index (χ2n) is 3.06. The van der Waals surface area contributed by atoms with E-state index in [1.807, 2.05) is 13.0 Å². The summed E-state index contributed by atoms with van der Waals surface area (Å²) in [4.78, 5) is 15.0. The van der Waals surface area contributed by atoms with Crippen LogP contribution >= 0.6 is 15.9 Å². The first kappa shape index (κ1) is 10.2. The van der Waals surface area contributed by atoms with Crippen LogP contribution in [-0.2, 0) is 6.42 Å². The van der Waals surface area contributed by atoms with Crippen molar-refractivity contribution in [3.63, 3.8) is 0 Å². The van der Waals surface area contributed by atoms with E-state index in [1.54, 1.807) is 6.07 Å². The topological polar surface area (TPSA) is 63.3 Å². The Hall–Kier alpha value is -1.36. The van der Waals surface area contributed by atoms with Crippen LogP contribution < -0.4 is 0 Å². The van der Waals surface area contributed by atoms with Gasteiger partial charge < -0.3 is 9.52 Å². The molecule has 5 heteroatoms. The summed E-state index contributed by atoms with van der Waals surface area (Å²) in [5, 5.41) is 9.53. The molecule has 0 fully saturated rings. The summed E-state index contributed by atoms with van der Waals surface area (Å²) in [5.41, 5.74) is 1.24. The lowest BCUT2D eigenvalue weighted by Crippen LogP contribution is -1.93. The molecule has 2 aromatic heterocycles. The molecule has 0 aromatic carbocycles. The summed E-state index contributed by atoms with van der Waals surface area (Å²) in [5.74, 6) is -1.20. The van der Waals surface area contributed by atoms with Crippen molar-refractivity contribution < 1.29 is 14.3 Å². The molecule has 0 radical (unpaired) electrons. The Balaban J connectivity index is 2.70. The minimum absolute atomic E-state index is 0.106. The van der Waals surface area contributed by atoms with Crippen LogP contribution in [0.15, 0.2) is 21.0 Å². The highest BCUT2D eigenvalue weighted by Crippen LogP contribution is 2.29. The van der Waals surface area contributed by atoms with Gasteiger partial charge in [0.1, 0.15) is 0 Å². The van der Waals surface area contributed by atoms with E-state index in [0.717, 1.165) is 12.1 Å². The normalized spacial score (nSPS) is 10.8. The maximum absolute atomic E-state index is 10.8. The summed E-state index contributed by atoms with van der Waals surface area (Å²) < 4.78 is 5.59. The van der Waals surface area contributed by atoms with Gasteiger partial charge in [-0.2, -0.15) is 0 Å². The van der Waals surface area contributed by atoms with Crippen LogP contribution in [0.25, 0.3) is 11.1 Å². The monoisotopic (exact) mass is 269 g/mol. The average Bonchev–Trinajstić information content (AvgIpc) is 2.55. The van der Waals surface area contributed by atoms with Gasteiger partial charge in [0.05, 0.1) is 9.86 Å². The fourth-order valence-electron chi connectivity index (χ4n) is 1.32. The Morgan fingerprint density at radius 2 is 2.33 bits per heavy atom. The van der Waals surface area contributed by atoms with Crippen molar-refractivity contribution in [1.29, 1.82) is 0 Å². The number of fused-ring (bicyclic) bond motifs is 1. The molecule has 15 heavy (non-hydrogen) atoms. The quantitative estimate of drug-likeness (QED) is 0.911. The second-order valence-corrected chi connectivity index (χ2v) is 3.85. The number of hydrogen-bond donors (Lipinski definition) is 1. The first-order valence-corrected chi connectivity index (χ1v) is 5.24. The maximum Gasteiger partial charge on any atom is 0.373 e. The van der Waals surface area contributed by atoms with Gasteiger partial charge >= 0.3 is 5.97 Å². The third-order valence-corrected chi connectivity index (χ3v) is 2.90. The van der Waals surface area contributed by atoms with Crippen LogP contribution in [-0.4, -0.2) is 16.1 Å². The van der Waals surface area contributed by atoms with Crippen LogP contribution in [0, 0.1) is 0 Å². The molecule has 0 bridgehead atoms. The summed E-state index contributed by atoms with van der Waals surface area (Å²) in [6.07, 6.45) is 0.788. The van der Waals surface area contributed by atoms with E-state index in [9.17, 15) is 4.79 Å². The Labute approximate surface area is 94.0 Å². The molecule has 0 saturated heterocycles. The summed E-state index contributed by atoms with van der Waals surface area (Å²) in [7, 11) is 0. The minimum atomic E-state index is -1.10. The van der Waals surface area contributed by atoms with Crippen molar-refractivity contribution >= 4 is 33.0 Å². The first-order valence-electron chi connectivity index (χ1n) is 4.44. The van der Waals surface area contributed by atoms with E-state index in [4.69, 9.17) is 9.52 Å². The highest BCUT2D eigenvalue weighted by molar-refractivity contribution is 9.10. The number of hydrogen-bond acceptors (Lipinski definition) is 3. The number of aromatic carboxylic acids is 1. The van der Waals surface area contributed by atoms with Gasteiger partial charge in [-0.05, 0) is 34.5 Å². The van der Waals surface area contributed by atoms with E-state index in [-0.39, 0.29) is 5.76 Å². The Kier molecular flexibility index (Phi) is 2.48. The van der Waals surface area contributed by atoms with Crippen LogP contribution in [0.4, 0.5) is 0 Å². The van der Waals surface area contributed by atoms with Crippen molar-refractivity contribution in [2.45, 2.75) is 13.3 Å². The van der Waals surface area contributed by atoms with Crippen molar-refractivity contribution in [2.75, 3.05) is 0 Å². The fourth-order valence-corrected chi connectivity index (χ4v) is 1.87. The number of furan rings is 1. The van der Waals surface area contributed by atoms with Gasteiger partial charge in [0.15, 0.2) is 0 Å². The van der Waals surface area contributed by atoms with Crippen molar-refractivity contribution in [1.82, 2.24) is 4.98 Å². The second kappa shape index (κ2) is 3.66. The zero-order chi connectivity index (χ0) is 11.0. The molecule has 4 nitrogen and oxygen atoms in total. The zero-order valence-corrected chi connectivity index (χ0v) is 9.54. The molecular weight excluding hydrogens is 262 g/mol. The smallest absolute Gasteiger partial charge is 0.373 e. The van der Waals surface area contributed by atoms with Crippen LogP contribution in [0.5, 0.6) is 0 Å². The molecule has 2 aromatic rings.